The molecule has 0 bridgehead atoms. The Bertz CT molecular complexity index is 1200. The Balaban J connectivity index is 1.59. The van der Waals surface area contributed by atoms with Gasteiger partial charge in [-0.2, -0.15) is 18.3 Å². The average Bonchev–Trinajstić information content (AvgIpc) is 3.22. The molecule has 0 aliphatic heterocycles. The van der Waals surface area contributed by atoms with Crippen LogP contribution < -0.4 is 16.8 Å². The van der Waals surface area contributed by atoms with Crippen LogP contribution >= 0.6 is 0 Å². The fourth-order valence-corrected chi connectivity index (χ4v) is 5.25. The smallest absolute Gasteiger partial charge is 0.435 e. The topological polar surface area (TPSA) is 145 Å². The number of benzene rings is 1. The summed E-state index contributed by atoms with van der Waals surface area (Å²) < 4.78 is 48.2. The SMILES string of the molecule is CC1(C)CCc2c(C(F)(F)F)nn(-c3ccc(C(N)=O)c(N[C@H]4CC[C@H](OC(=O)C(N)CO)CC4)c3)c2C1. The molecule has 4 rings (SSSR count). The number of aliphatic hydroxyl groups excluding tert-OH is 1. The van der Waals surface area contributed by atoms with Gasteiger partial charge in [-0.3, -0.25) is 9.59 Å². The number of hydrogen-bond acceptors (Lipinski definition) is 7. The van der Waals surface area contributed by atoms with Crippen molar-refractivity contribution in [1.29, 1.82) is 0 Å². The molecule has 2 aromatic rings. The van der Waals surface area contributed by atoms with Gasteiger partial charge in [0.05, 0.1) is 17.9 Å². The van der Waals surface area contributed by atoms with Crippen LogP contribution in [0.2, 0.25) is 0 Å². The number of nitrogens with zero attached hydrogens (tertiary/aromatic N) is 2. The minimum absolute atomic E-state index is 0.0824. The number of primary amides is 1. The van der Waals surface area contributed by atoms with Crippen LogP contribution in [0.5, 0.6) is 0 Å². The van der Waals surface area contributed by atoms with Gasteiger partial charge in [-0.1, -0.05) is 13.8 Å². The summed E-state index contributed by atoms with van der Waals surface area (Å²) in [6, 6.07) is 3.51. The molecule has 2 aliphatic carbocycles. The Kier molecular flexibility index (Phi) is 7.76. The molecule has 208 valence electrons. The summed E-state index contributed by atoms with van der Waals surface area (Å²) in [4.78, 5) is 24.0. The molecular weight excluding hydrogens is 503 g/mol. The molecule has 1 aromatic heterocycles. The maximum atomic E-state index is 13.8. The van der Waals surface area contributed by atoms with E-state index in [0.29, 0.717) is 62.0 Å². The van der Waals surface area contributed by atoms with E-state index in [0.717, 1.165) is 0 Å². The molecule has 0 saturated heterocycles. The van der Waals surface area contributed by atoms with Crippen molar-refractivity contribution >= 4 is 17.6 Å². The highest BCUT2D eigenvalue weighted by Gasteiger charge is 2.42. The Labute approximate surface area is 218 Å². The van der Waals surface area contributed by atoms with Gasteiger partial charge in [-0.05, 0) is 68.6 Å². The van der Waals surface area contributed by atoms with E-state index < -0.39 is 36.4 Å². The van der Waals surface area contributed by atoms with Crippen LogP contribution in [0, 0.1) is 5.41 Å². The molecule has 0 spiro atoms. The number of aromatic nitrogens is 2. The van der Waals surface area contributed by atoms with E-state index in [2.05, 4.69) is 10.4 Å². The summed E-state index contributed by atoms with van der Waals surface area (Å²) in [6.07, 6.45) is -1.24. The van der Waals surface area contributed by atoms with Crippen molar-refractivity contribution in [3.8, 4) is 5.69 Å². The first-order valence-electron chi connectivity index (χ1n) is 12.7. The molecule has 1 atom stereocenters. The molecule has 1 fully saturated rings. The first-order chi connectivity index (χ1) is 17.8. The zero-order chi connectivity index (χ0) is 27.8. The van der Waals surface area contributed by atoms with Gasteiger partial charge < -0.3 is 26.6 Å². The lowest BCUT2D eigenvalue weighted by molar-refractivity contribution is -0.153. The van der Waals surface area contributed by atoms with Crippen molar-refractivity contribution in [1.82, 2.24) is 9.78 Å². The van der Waals surface area contributed by atoms with E-state index in [1.54, 1.807) is 12.1 Å². The number of alkyl halides is 3. The van der Waals surface area contributed by atoms with Crippen molar-refractivity contribution in [2.45, 2.75) is 83.2 Å². The fourth-order valence-electron chi connectivity index (χ4n) is 5.25. The van der Waals surface area contributed by atoms with Gasteiger partial charge in [0.1, 0.15) is 12.1 Å². The van der Waals surface area contributed by atoms with Crippen molar-refractivity contribution in [2.24, 2.45) is 16.9 Å². The number of hydrogen-bond donors (Lipinski definition) is 4. The summed E-state index contributed by atoms with van der Waals surface area (Å²) in [7, 11) is 0. The normalized spacial score (nSPS) is 21.9. The predicted octanol–water partition coefficient (Wildman–Crippen LogP) is 3.09. The first-order valence-corrected chi connectivity index (χ1v) is 12.7. The van der Waals surface area contributed by atoms with Gasteiger partial charge in [-0.25, -0.2) is 4.68 Å². The maximum Gasteiger partial charge on any atom is 0.435 e. The minimum atomic E-state index is -4.58. The first kappa shape index (κ1) is 27.9. The van der Waals surface area contributed by atoms with Crippen molar-refractivity contribution in [2.75, 3.05) is 11.9 Å². The largest absolute Gasteiger partial charge is 0.461 e. The molecule has 1 saturated carbocycles. The molecule has 2 aliphatic rings. The predicted molar refractivity (Wildman–Crippen MR) is 134 cm³/mol. The second-order valence-electron chi connectivity index (χ2n) is 11.0. The summed E-state index contributed by atoms with van der Waals surface area (Å²) in [5, 5.41) is 16.3. The van der Waals surface area contributed by atoms with Crippen LogP contribution in [0.25, 0.3) is 5.69 Å². The molecule has 1 heterocycles. The number of rotatable bonds is 7. The number of aliphatic hydroxyl groups is 1. The van der Waals surface area contributed by atoms with Gasteiger partial charge in [0.15, 0.2) is 5.69 Å². The lowest BCUT2D eigenvalue weighted by atomic mass is 9.76. The highest BCUT2D eigenvalue weighted by atomic mass is 19.4. The zero-order valence-corrected chi connectivity index (χ0v) is 21.5. The molecule has 6 N–H and O–H groups in total. The monoisotopic (exact) mass is 537 g/mol. The number of halogens is 3. The third kappa shape index (κ3) is 5.96. The quantitative estimate of drug-likeness (QED) is 0.397. The molecule has 1 aromatic carbocycles. The molecule has 9 nitrogen and oxygen atoms in total. The van der Waals surface area contributed by atoms with Crippen LogP contribution in [-0.2, 0) is 28.5 Å². The number of fused-ring (bicyclic) bond motifs is 1. The second kappa shape index (κ2) is 10.6. The third-order valence-electron chi connectivity index (χ3n) is 7.39. The number of esters is 1. The zero-order valence-electron chi connectivity index (χ0n) is 21.5. The molecular formula is C26H34F3N5O4. The van der Waals surface area contributed by atoms with E-state index in [-0.39, 0.29) is 28.7 Å². The average molecular weight is 538 g/mol. The summed E-state index contributed by atoms with van der Waals surface area (Å²) in [5.41, 5.74) is 11.8. The van der Waals surface area contributed by atoms with Gasteiger partial charge in [0, 0.05) is 23.0 Å². The van der Waals surface area contributed by atoms with Crippen molar-refractivity contribution in [3.63, 3.8) is 0 Å². The number of carbonyl (C=O) groups excluding carboxylic acids is 2. The molecule has 0 radical (unpaired) electrons. The van der Waals surface area contributed by atoms with E-state index in [1.165, 1.54) is 10.7 Å². The Morgan fingerprint density at radius 1 is 1.26 bits per heavy atom. The van der Waals surface area contributed by atoms with E-state index in [9.17, 15) is 22.8 Å². The highest BCUT2D eigenvalue weighted by Crippen LogP contribution is 2.42. The summed E-state index contributed by atoms with van der Waals surface area (Å²) in [5.74, 6) is -1.32. The highest BCUT2D eigenvalue weighted by molar-refractivity contribution is 5.99. The van der Waals surface area contributed by atoms with E-state index >= 15 is 0 Å². The van der Waals surface area contributed by atoms with Gasteiger partial charge in [-0.15, -0.1) is 0 Å². The van der Waals surface area contributed by atoms with Crippen molar-refractivity contribution in [3.05, 3.63) is 40.7 Å². The molecule has 1 amide bonds. The third-order valence-corrected chi connectivity index (χ3v) is 7.39. The van der Waals surface area contributed by atoms with Gasteiger partial charge in [0.2, 0.25) is 0 Å². The number of carbonyl (C=O) groups is 2. The maximum absolute atomic E-state index is 13.8. The van der Waals surface area contributed by atoms with Crippen LogP contribution in [0.15, 0.2) is 18.2 Å². The van der Waals surface area contributed by atoms with Gasteiger partial charge >= 0.3 is 12.1 Å². The van der Waals surface area contributed by atoms with E-state index in [4.69, 9.17) is 21.3 Å². The number of nitrogens with two attached hydrogens (primary N) is 2. The number of amides is 1. The van der Waals surface area contributed by atoms with E-state index in [1.807, 2.05) is 13.8 Å². The lowest BCUT2D eigenvalue weighted by Gasteiger charge is -2.31. The summed E-state index contributed by atoms with van der Waals surface area (Å²) >= 11 is 0. The number of ether oxygens (including phenoxy) is 1. The van der Waals surface area contributed by atoms with Crippen LogP contribution in [-0.4, -0.2) is 51.6 Å². The lowest BCUT2D eigenvalue weighted by Crippen LogP contribution is -2.39. The van der Waals surface area contributed by atoms with Crippen LogP contribution in [0.1, 0.15) is 73.3 Å². The standard InChI is InChI=1S/C26H34F3N5O4/c1-25(2)10-9-18-21(12-25)34(33-22(18)26(27,28)29)15-5-8-17(23(31)36)20(11-15)32-14-3-6-16(7-4-14)38-24(37)19(30)13-35/h5,8,11,14,16,19,32,35H,3-4,6-7,9-10,12-13,30H2,1-2H3,(H2,31,36)/t14-,16-,19?. The number of nitrogens with one attached hydrogen (secondary N) is 1. The molecule has 38 heavy (non-hydrogen) atoms. The second-order valence-corrected chi connectivity index (χ2v) is 11.0. The van der Waals surface area contributed by atoms with Crippen molar-refractivity contribution < 1.29 is 32.6 Å². The Morgan fingerprint density at radius 2 is 1.95 bits per heavy atom. The fraction of sp³-hybridized carbons (Fsp3) is 0.577. The van der Waals surface area contributed by atoms with Crippen LogP contribution in [0.3, 0.4) is 0 Å². The Hall–Kier alpha value is -3.12. The summed E-state index contributed by atoms with van der Waals surface area (Å²) in [6.45, 7) is 3.55. The Morgan fingerprint density at radius 3 is 2.55 bits per heavy atom. The molecule has 12 heteroatoms. The van der Waals surface area contributed by atoms with Crippen LogP contribution in [0.4, 0.5) is 18.9 Å². The minimum Gasteiger partial charge on any atom is -0.461 e. The molecule has 1 unspecified atom stereocenters. The number of anilines is 1. The van der Waals surface area contributed by atoms with Gasteiger partial charge in [0.25, 0.3) is 5.91 Å².